The molecule has 118 valence electrons. The van der Waals surface area contributed by atoms with Crippen LogP contribution in [0.1, 0.15) is 23.7 Å². The van der Waals surface area contributed by atoms with Crippen molar-refractivity contribution in [1.82, 2.24) is 25.1 Å². The fraction of sp³-hybridized carbons (Fsp3) is 0.462. The van der Waals surface area contributed by atoms with Gasteiger partial charge in [-0.1, -0.05) is 11.3 Å². The molecule has 1 N–H and O–H groups in total. The predicted octanol–water partition coefficient (Wildman–Crippen LogP) is 1.11. The van der Waals surface area contributed by atoms with E-state index in [0.717, 1.165) is 10.7 Å². The number of aromatic nitrogens is 4. The van der Waals surface area contributed by atoms with Gasteiger partial charge in [0.1, 0.15) is 17.9 Å². The van der Waals surface area contributed by atoms with Crippen LogP contribution in [0.15, 0.2) is 18.6 Å². The summed E-state index contributed by atoms with van der Waals surface area (Å²) in [5, 5.41) is 11.8. The third kappa shape index (κ3) is 4.52. The van der Waals surface area contributed by atoms with Gasteiger partial charge in [-0.15, -0.1) is 10.2 Å². The number of anilines is 1. The SMILES string of the molecule is COCc1nnc(NC(=O)CN(C)[C@@H](C)c2ccncn2)s1. The van der Waals surface area contributed by atoms with Crippen molar-refractivity contribution in [2.45, 2.75) is 19.6 Å². The van der Waals surface area contributed by atoms with Crippen molar-refractivity contribution in [3.8, 4) is 0 Å². The summed E-state index contributed by atoms with van der Waals surface area (Å²) in [6.07, 6.45) is 3.18. The Labute approximate surface area is 132 Å². The number of methoxy groups -OCH3 is 1. The fourth-order valence-electron chi connectivity index (χ4n) is 1.78. The van der Waals surface area contributed by atoms with Crippen LogP contribution in [0.2, 0.25) is 0 Å². The first-order valence-electron chi connectivity index (χ1n) is 6.67. The highest BCUT2D eigenvalue weighted by molar-refractivity contribution is 7.15. The second kappa shape index (κ2) is 7.87. The highest BCUT2D eigenvalue weighted by atomic mass is 32.1. The van der Waals surface area contributed by atoms with E-state index in [-0.39, 0.29) is 18.5 Å². The number of hydrogen-bond acceptors (Lipinski definition) is 8. The Morgan fingerprint density at radius 3 is 3.00 bits per heavy atom. The number of carbonyl (C=O) groups excluding carboxylic acids is 1. The second-order valence-electron chi connectivity index (χ2n) is 4.71. The van der Waals surface area contributed by atoms with Crippen LogP contribution in [0.5, 0.6) is 0 Å². The molecule has 2 rings (SSSR count). The molecule has 0 saturated heterocycles. The first-order valence-corrected chi connectivity index (χ1v) is 7.49. The maximum absolute atomic E-state index is 12.0. The molecular formula is C13H18N6O2S. The van der Waals surface area contributed by atoms with Crippen LogP contribution in [-0.2, 0) is 16.1 Å². The lowest BCUT2D eigenvalue weighted by Gasteiger charge is -2.23. The number of nitrogens with zero attached hydrogens (tertiary/aromatic N) is 5. The highest BCUT2D eigenvalue weighted by Crippen LogP contribution is 2.17. The van der Waals surface area contributed by atoms with Gasteiger partial charge < -0.3 is 4.74 Å². The third-order valence-corrected chi connectivity index (χ3v) is 3.88. The zero-order chi connectivity index (χ0) is 15.9. The van der Waals surface area contributed by atoms with Crippen LogP contribution < -0.4 is 5.32 Å². The third-order valence-electron chi connectivity index (χ3n) is 3.07. The maximum Gasteiger partial charge on any atom is 0.240 e. The maximum atomic E-state index is 12.0. The fourth-order valence-corrected chi connectivity index (χ4v) is 2.51. The lowest BCUT2D eigenvalue weighted by molar-refractivity contribution is -0.117. The molecule has 9 heteroatoms. The minimum atomic E-state index is -0.150. The van der Waals surface area contributed by atoms with Crippen LogP contribution in [0, 0.1) is 0 Å². The van der Waals surface area contributed by atoms with Crippen LogP contribution in [0.25, 0.3) is 0 Å². The van der Waals surface area contributed by atoms with E-state index in [4.69, 9.17) is 4.74 Å². The smallest absolute Gasteiger partial charge is 0.240 e. The number of amides is 1. The first-order chi connectivity index (χ1) is 10.6. The number of carbonyl (C=O) groups is 1. The molecule has 2 heterocycles. The molecule has 0 bridgehead atoms. The molecule has 8 nitrogen and oxygen atoms in total. The van der Waals surface area contributed by atoms with Crippen LogP contribution in [-0.4, -0.2) is 51.7 Å². The van der Waals surface area contributed by atoms with E-state index in [1.54, 1.807) is 13.3 Å². The van der Waals surface area contributed by atoms with E-state index in [9.17, 15) is 4.79 Å². The molecule has 0 aliphatic heterocycles. The van der Waals surface area contributed by atoms with Crippen molar-refractivity contribution < 1.29 is 9.53 Å². The van der Waals surface area contributed by atoms with E-state index in [1.807, 2.05) is 24.9 Å². The van der Waals surface area contributed by atoms with Gasteiger partial charge in [0.15, 0.2) is 0 Å². The van der Waals surface area contributed by atoms with Crippen LogP contribution >= 0.6 is 11.3 Å². The molecule has 22 heavy (non-hydrogen) atoms. The topological polar surface area (TPSA) is 93.1 Å². The van der Waals surface area contributed by atoms with Crippen molar-refractivity contribution in [2.24, 2.45) is 0 Å². The van der Waals surface area contributed by atoms with Crippen LogP contribution in [0.3, 0.4) is 0 Å². The Bertz CT molecular complexity index is 606. The van der Waals surface area contributed by atoms with Gasteiger partial charge in [-0.25, -0.2) is 9.97 Å². The molecule has 0 aliphatic rings. The lowest BCUT2D eigenvalue weighted by Crippen LogP contribution is -2.32. The first kappa shape index (κ1) is 16.4. The predicted molar refractivity (Wildman–Crippen MR) is 82.3 cm³/mol. The minimum absolute atomic E-state index is 0.00669. The number of nitrogens with one attached hydrogen (secondary N) is 1. The minimum Gasteiger partial charge on any atom is -0.377 e. The molecule has 0 unspecified atom stereocenters. The molecule has 0 aromatic carbocycles. The van der Waals surface area contributed by atoms with Crippen LogP contribution in [0.4, 0.5) is 5.13 Å². The van der Waals surface area contributed by atoms with E-state index < -0.39 is 0 Å². The zero-order valence-corrected chi connectivity index (χ0v) is 13.5. The zero-order valence-electron chi connectivity index (χ0n) is 12.7. The summed E-state index contributed by atoms with van der Waals surface area (Å²) >= 11 is 1.30. The van der Waals surface area contributed by atoms with E-state index in [0.29, 0.717) is 11.7 Å². The van der Waals surface area contributed by atoms with Crippen molar-refractivity contribution in [3.63, 3.8) is 0 Å². The summed E-state index contributed by atoms with van der Waals surface area (Å²) in [4.78, 5) is 22.0. The Kier molecular flexibility index (Phi) is 5.87. The standard InChI is InChI=1S/C13H18N6O2S/c1-9(10-4-5-14-8-15-10)19(2)6-11(20)16-13-18-17-12(22-13)7-21-3/h4-5,8-9H,6-7H2,1-3H3,(H,16,18,20)/t9-/m0/s1. The van der Waals surface area contributed by atoms with Crippen molar-refractivity contribution in [3.05, 3.63) is 29.3 Å². The number of likely N-dealkylation sites (N-methyl/N-ethyl adjacent to an activating group) is 1. The van der Waals surface area contributed by atoms with Gasteiger partial charge in [-0.05, 0) is 20.0 Å². The Hall–Kier alpha value is -1.97. The quantitative estimate of drug-likeness (QED) is 0.816. The highest BCUT2D eigenvalue weighted by Gasteiger charge is 2.17. The van der Waals surface area contributed by atoms with Gasteiger partial charge in [0.05, 0.1) is 12.2 Å². The largest absolute Gasteiger partial charge is 0.377 e. The molecule has 2 aromatic rings. The molecule has 0 fully saturated rings. The summed E-state index contributed by atoms with van der Waals surface area (Å²) in [5.41, 5.74) is 0.864. The van der Waals surface area contributed by atoms with E-state index >= 15 is 0 Å². The van der Waals surface area contributed by atoms with Gasteiger partial charge in [-0.3, -0.25) is 15.0 Å². The number of ether oxygens (including phenoxy) is 1. The monoisotopic (exact) mass is 322 g/mol. The van der Waals surface area contributed by atoms with Gasteiger partial charge in [0.2, 0.25) is 11.0 Å². The van der Waals surface area contributed by atoms with Gasteiger partial charge in [0, 0.05) is 19.3 Å². The van der Waals surface area contributed by atoms with E-state index in [1.165, 1.54) is 17.7 Å². The van der Waals surface area contributed by atoms with Crippen molar-refractivity contribution >= 4 is 22.4 Å². The molecule has 0 spiro atoms. The Balaban J connectivity index is 1.88. The van der Waals surface area contributed by atoms with E-state index in [2.05, 4.69) is 25.5 Å². The molecule has 0 radical (unpaired) electrons. The van der Waals surface area contributed by atoms with Gasteiger partial charge in [-0.2, -0.15) is 0 Å². The molecule has 1 amide bonds. The molecule has 0 aliphatic carbocycles. The second-order valence-corrected chi connectivity index (χ2v) is 5.77. The Morgan fingerprint density at radius 1 is 1.50 bits per heavy atom. The summed E-state index contributed by atoms with van der Waals surface area (Å²) < 4.78 is 4.97. The molecule has 0 saturated carbocycles. The lowest BCUT2D eigenvalue weighted by atomic mass is 10.2. The normalized spacial score (nSPS) is 12.4. The van der Waals surface area contributed by atoms with Gasteiger partial charge in [0.25, 0.3) is 0 Å². The molecule has 1 atom stereocenters. The molecular weight excluding hydrogens is 304 g/mol. The van der Waals surface area contributed by atoms with Gasteiger partial charge >= 0.3 is 0 Å². The summed E-state index contributed by atoms with van der Waals surface area (Å²) in [6.45, 7) is 2.60. The average molecular weight is 322 g/mol. The van der Waals surface area contributed by atoms with Crippen molar-refractivity contribution in [2.75, 3.05) is 26.0 Å². The average Bonchev–Trinajstić information content (AvgIpc) is 2.94. The Morgan fingerprint density at radius 2 is 2.32 bits per heavy atom. The molecule has 2 aromatic heterocycles. The number of hydrogen-bond donors (Lipinski definition) is 1. The van der Waals surface area contributed by atoms with Crippen molar-refractivity contribution in [1.29, 1.82) is 0 Å². The summed E-state index contributed by atoms with van der Waals surface area (Å²) in [5.74, 6) is -0.150. The number of rotatable bonds is 7. The summed E-state index contributed by atoms with van der Waals surface area (Å²) in [6, 6.07) is 1.84. The summed E-state index contributed by atoms with van der Waals surface area (Å²) in [7, 11) is 3.45.